The maximum Gasteiger partial charge on any atom is 0.360 e. The van der Waals surface area contributed by atoms with Crippen LogP contribution in [0.3, 0.4) is 0 Å². The summed E-state index contributed by atoms with van der Waals surface area (Å²) in [5.41, 5.74) is 2.11. The van der Waals surface area contributed by atoms with E-state index in [0.717, 1.165) is 47.1 Å². The minimum absolute atomic E-state index is 0.149. The minimum Gasteiger partial charge on any atom is -0.453 e. The zero-order chi connectivity index (χ0) is 25.2. The summed E-state index contributed by atoms with van der Waals surface area (Å²) < 4.78 is 12.4. The third-order valence-corrected chi connectivity index (χ3v) is 7.52. The number of hydrogen-bond donors (Lipinski definition) is 0. The van der Waals surface area contributed by atoms with Gasteiger partial charge in [0.05, 0.1) is 20.1 Å². The van der Waals surface area contributed by atoms with E-state index in [2.05, 4.69) is 7.05 Å². The fourth-order valence-electron chi connectivity index (χ4n) is 5.72. The molecule has 6 nitrogen and oxygen atoms in total. The predicted octanol–water partition coefficient (Wildman–Crippen LogP) is 4.51. The molecular weight excluding hydrogens is 454 g/mol. The van der Waals surface area contributed by atoms with Gasteiger partial charge < -0.3 is 14.0 Å². The van der Waals surface area contributed by atoms with E-state index in [9.17, 15) is 14.4 Å². The summed E-state index contributed by atoms with van der Waals surface area (Å²) in [7, 11) is 2.14. The average Bonchev–Trinajstić information content (AvgIpc) is 3.41. The minimum atomic E-state index is -1.61. The Bertz CT molecular complexity index is 1240. The van der Waals surface area contributed by atoms with Gasteiger partial charge in [-0.3, -0.25) is 9.59 Å². The number of likely N-dealkylation sites (tertiary alicyclic amines) is 1. The molecule has 0 N–H and O–H groups in total. The molecule has 0 radical (unpaired) electrons. The third kappa shape index (κ3) is 4.22. The van der Waals surface area contributed by atoms with Gasteiger partial charge in [0.2, 0.25) is 0 Å². The Balaban J connectivity index is 1.28. The molecule has 2 atom stereocenters. The van der Waals surface area contributed by atoms with Gasteiger partial charge in [-0.05, 0) is 11.1 Å². The van der Waals surface area contributed by atoms with Gasteiger partial charge in [0.1, 0.15) is 6.54 Å². The summed E-state index contributed by atoms with van der Waals surface area (Å²) in [6.45, 7) is 2.67. The van der Waals surface area contributed by atoms with E-state index in [0.29, 0.717) is 30.6 Å². The van der Waals surface area contributed by atoms with Crippen molar-refractivity contribution in [1.29, 1.82) is 0 Å². The highest BCUT2D eigenvalue weighted by molar-refractivity contribution is 5.97. The number of fused-ring (bicyclic) bond motifs is 3. The highest BCUT2D eigenvalue weighted by Gasteiger charge is 2.54. The van der Waals surface area contributed by atoms with Gasteiger partial charge in [0, 0.05) is 36.0 Å². The zero-order valence-electron chi connectivity index (χ0n) is 20.4. The van der Waals surface area contributed by atoms with E-state index in [1.807, 2.05) is 78.9 Å². The smallest absolute Gasteiger partial charge is 0.360 e. The van der Waals surface area contributed by atoms with Crippen LogP contribution >= 0.6 is 0 Å². The molecule has 0 bridgehead atoms. The number of likely N-dealkylation sites (N-methyl/N-ethyl adjacent to an activating group) is 1. The van der Waals surface area contributed by atoms with Gasteiger partial charge in [0.15, 0.2) is 11.9 Å². The van der Waals surface area contributed by atoms with Crippen LogP contribution in [-0.2, 0) is 24.7 Å². The van der Waals surface area contributed by atoms with E-state index < -0.39 is 11.6 Å². The van der Waals surface area contributed by atoms with Crippen molar-refractivity contribution in [3.8, 4) is 11.1 Å². The monoisotopic (exact) mass is 484 g/mol. The normalized spacial score (nSPS) is 21.3. The molecule has 2 unspecified atom stereocenters. The fraction of sp³-hybridized carbons (Fsp3) is 0.300. The van der Waals surface area contributed by atoms with Gasteiger partial charge >= 0.3 is 5.97 Å². The maximum atomic E-state index is 13.8. The Labute approximate surface area is 211 Å². The Morgan fingerprint density at radius 2 is 1.56 bits per heavy atom. The molecule has 1 fully saturated rings. The quantitative estimate of drug-likeness (QED) is 0.193. The highest BCUT2D eigenvalue weighted by atomic mass is 16.6. The maximum absolute atomic E-state index is 13.8. The number of nitrogens with zero attached hydrogens (tertiary/aromatic N) is 1. The first-order valence-corrected chi connectivity index (χ1v) is 12.4. The molecule has 3 aromatic carbocycles. The average molecular weight is 485 g/mol. The molecule has 1 aliphatic carbocycles. The Morgan fingerprint density at radius 1 is 0.944 bits per heavy atom. The van der Waals surface area contributed by atoms with E-state index in [4.69, 9.17) is 9.47 Å². The number of Topliss-reactive ketones (excluding diaryl/α,β-unsaturated/α-hetero) is 1. The second-order valence-electron chi connectivity index (χ2n) is 9.94. The molecule has 1 aliphatic heterocycles. The standard InChI is InChI=1S/C30H30NO5/c1-31(18-9-16-28(33)22-10-3-2-4-11-22)19-17-23(20-31)36-29(34)30(35-21-32)26-14-7-5-12-24(26)25-13-6-8-15-27(25)30/h2-8,10-15,21,23H,9,16-20H2,1H3/q+1. The Kier molecular flexibility index (Phi) is 6.46. The summed E-state index contributed by atoms with van der Waals surface area (Å²) in [5.74, 6) is -0.416. The van der Waals surface area contributed by atoms with Gasteiger partial charge in [-0.2, -0.15) is 0 Å². The lowest BCUT2D eigenvalue weighted by Crippen LogP contribution is -2.45. The number of benzene rings is 3. The van der Waals surface area contributed by atoms with Crippen molar-refractivity contribution in [1.82, 2.24) is 0 Å². The van der Waals surface area contributed by atoms with Crippen LogP contribution in [0.15, 0.2) is 78.9 Å². The number of esters is 1. The molecule has 0 saturated carbocycles. The Morgan fingerprint density at radius 3 is 2.19 bits per heavy atom. The number of carbonyl (C=O) groups is 3. The molecule has 0 aromatic heterocycles. The molecule has 1 heterocycles. The molecule has 3 aromatic rings. The molecule has 6 heteroatoms. The van der Waals surface area contributed by atoms with Crippen LogP contribution in [0.5, 0.6) is 0 Å². The van der Waals surface area contributed by atoms with Gasteiger partial charge in [0.25, 0.3) is 12.1 Å². The second kappa shape index (κ2) is 9.70. The van der Waals surface area contributed by atoms with Crippen molar-refractivity contribution in [2.45, 2.75) is 31.0 Å². The van der Waals surface area contributed by atoms with E-state index in [1.54, 1.807) is 0 Å². The SMILES string of the molecule is C[N+]1(CCCC(=O)c2ccccc2)CCC(OC(=O)C2(OC=O)c3ccccc3-c3ccccc32)C1. The largest absolute Gasteiger partial charge is 0.453 e. The summed E-state index contributed by atoms with van der Waals surface area (Å²) in [5, 5.41) is 0. The number of quaternary nitrogens is 1. The van der Waals surface area contributed by atoms with Crippen molar-refractivity contribution >= 4 is 18.2 Å². The van der Waals surface area contributed by atoms with Crippen molar-refractivity contribution in [3.05, 3.63) is 95.6 Å². The lowest BCUT2D eigenvalue weighted by molar-refractivity contribution is -0.899. The van der Waals surface area contributed by atoms with Crippen molar-refractivity contribution in [3.63, 3.8) is 0 Å². The lowest BCUT2D eigenvalue weighted by Gasteiger charge is -2.31. The van der Waals surface area contributed by atoms with Gasteiger partial charge in [-0.25, -0.2) is 4.79 Å². The zero-order valence-corrected chi connectivity index (χ0v) is 20.4. The number of ketones is 1. The number of rotatable bonds is 9. The Hall–Kier alpha value is -3.77. The number of ether oxygens (including phenoxy) is 2. The van der Waals surface area contributed by atoms with Crippen LogP contribution < -0.4 is 0 Å². The summed E-state index contributed by atoms with van der Waals surface area (Å²) >= 11 is 0. The fourth-order valence-corrected chi connectivity index (χ4v) is 5.72. The topological polar surface area (TPSA) is 69.7 Å². The molecule has 1 saturated heterocycles. The van der Waals surface area contributed by atoms with Crippen molar-refractivity contribution in [2.75, 3.05) is 26.7 Å². The third-order valence-electron chi connectivity index (χ3n) is 7.52. The van der Waals surface area contributed by atoms with Crippen LogP contribution in [0.1, 0.15) is 40.7 Å². The van der Waals surface area contributed by atoms with Crippen LogP contribution in [0.25, 0.3) is 11.1 Å². The van der Waals surface area contributed by atoms with Crippen LogP contribution in [-0.4, -0.2) is 55.5 Å². The van der Waals surface area contributed by atoms with Gasteiger partial charge in [-0.1, -0.05) is 78.9 Å². The van der Waals surface area contributed by atoms with E-state index in [-0.39, 0.29) is 11.9 Å². The van der Waals surface area contributed by atoms with Crippen molar-refractivity contribution < 1.29 is 28.3 Å². The van der Waals surface area contributed by atoms with Gasteiger partial charge in [-0.15, -0.1) is 0 Å². The highest BCUT2D eigenvalue weighted by Crippen LogP contribution is 2.50. The predicted molar refractivity (Wildman–Crippen MR) is 135 cm³/mol. The molecule has 5 rings (SSSR count). The van der Waals surface area contributed by atoms with Crippen LogP contribution in [0.4, 0.5) is 0 Å². The first-order chi connectivity index (χ1) is 17.5. The first kappa shape index (κ1) is 23.9. The number of hydrogen-bond acceptors (Lipinski definition) is 5. The van der Waals surface area contributed by atoms with Crippen molar-refractivity contribution in [2.24, 2.45) is 0 Å². The number of carbonyl (C=O) groups excluding carboxylic acids is 3. The molecule has 36 heavy (non-hydrogen) atoms. The molecule has 0 amide bonds. The van der Waals surface area contributed by atoms with E-state index in [1.165, 1.54) is 0 Å². The molecular formula is C30H30NO5+. The molecule has 2 aliphatic rings. The summed E-state index contributed by atoms with van der Waals surface area (Å²) in [4.78, 5) is 37.9. The first-order valence-electron chi connectivity index (χ1n) is 12.4. The second-order valence-corrected chi connectivity index (χ2v) is 9.94. The van der Waals surface area contributed by atoms with Crippen LogP contribution in [0, 0.1) is 0 Å². The van der Waals surface area contributed by atoms with Crippen LogP contribution in [0.2, 0.25) is 0 Å². The summed E-state index contributed by atoms with van der Waals surface area (Å²) in [6.07, 6.45) is 1.69. The lowest BCUT2D eigenvalue weighted by atomic mass is 9.91. The van der Waals surface area contributed by atoms with E-state index >= 15 is 0 Å². The molecule has 184 valence electrons. The molecule has 0 spiro atoms. The summed E-state index contributed by atoms with van der Waals surface area (Å²) in [6, 6.07) is 24.3.